The number of carbonyl (C=O) groups excluding carboxylic acids is 2. The molecule has 1 N–H and O–H groups in total. The minimum Gasteiger partial charge on any atom is -0.385 e. The number of piperidine rings is 2. The van der Waals surface area contributed by atoms with Crippen molar-refractivity contribution in [2.45, 2.75) is 50.7 Å². The van der Waals surface area contributed by atoms with E-state index in [0.717, 1.165) is 24.2 Å². The van der Waals surface area contributed by atoms with Crippen LogP contribution in [0.4, 0.5) is 5.69 Å². The topological polar surface area (TPSA) is 65.1 Å². The van der Waals surface area contributed by atoms with E-state index in [1.807, 2.05) is 59.5 Å². The van der Waals surface area contributed by atoms with Crippen molar-refractivity contribution in [3.05, 3.63) is 65.7 Å². The van der Waals surface area contributed by atoms with Crippen LogP contribution >= 0.6 is 0 Å². The van der Waals surface area contributed by atoms with E-state index in [1.165, 1.54) is 45.2 Å². The summed E-state index contributed by atoms with van der Waals surface area (Å²) in [5.41, 5.74) is 2.38. The molecule has 2 aromatic rings. The van der Waals surface area contributed by atoms with Crippen molar-refractivity contribution in [3.8, 4) is 0 Å². The van der Waals surface area contributed by atoms with Gasteiger partial charge in [-0.3, -0.25) is 9.59 Å². The maximum Gasteiger partial charge on any atom is 0.258 e. The maximum absolute atomic E-state index is 13.9. The number of nitrogens with one attached hydrogen (secondary N) is 1. The lowest BCUT2D eigenvalue weighted by Gasteiger charge is -2.46. The van der Waals surface area contributed by atoms with Gasteiger partial charge in [-0.15, -0.1) is 0 Å². The second kappa shape index (κ2) is 12.1. The predicted octanol–water partition coefficient (Wildman–Crippen LogP) is 4.38. The fourth-order valence-electron chi connectivity index (χ4n) is 6.39. The normalized spacial score (nSPS) is 23.6. The van der Waals surface area contributed by atoms with E-state index in [1.54, 1.807) is 12.0 Å². The van der Waals surface area contributed by atoms with Crippen molar-refractivity contribution in [3.63, 3.8) is 0 Å². The average molecular weight is 505 g/mol. The Morgan fingerprint density at radius 1 is 1.03 bits per heavy atom. The van der Waals surface area contributed by atoms with Crippen LogP contribution in [0, 0.1) is 5.92 Å². The number of nitrogens with zero attached hydrogens (tertiary/aromatic N) is 3. The van der Waals surface area contributed by atoms with Crippen LogP contribution in [0.1, 0.15) is 60.6 Å². The monoisotopic (exact) mass is 504 g/mol. The van der Waals surface area contributed by atoms with E-state index < -0.39 is 6.17 Å². The summed E-state index contributed by atoms with van der Waals surface area (Å²) in [6.07, 6.45) is 6.55. The Bertz CT molecular complexity index is 1060. The maximum atomic E-state index is 13.9. The molecule has 37 heavy (non-hydrogen) atoms. The van der Waals surface area contributed by atoms with Gasteiger partial charge in [0.2, 0.25) is 5.91 Å². The Labute approximate surface area is 220 Å². The molecule has 3 heterocycles. The summed E-state index contributed by atoms with van der Waals surface area (Å²) in [6, 6.07) is 18.1. The van der Waals surface area contributed by atoms with E-state index in [4.69, 9.17) is 4.74 Å². The van der Waals surface area contributed by atoms with Crippen LogP contribution in [0.15, 0.2) is 54.6 Å². The number of rotatable bonds is 9. The first kappa shape index (κ1) is 25.7. The first-order chi connectivity index (χ1) is 18.2. The molecular weight excluding hydrogens is 464 g/mol. The van der Waals surface area contributed by atoms with Crippen molar-refractivity contribution in [2.24, 2.45) is 5.92 Å². The second-order valence-electron chi connectivity index (χ2n) is 10.6. The van der Waals surface area contributed by atoms with Gasteiger partial charge in [-0.05, 0) is 68.8 Å². The standard InChI is InChI=1S/C30H40N4O3/c1-37-20-10-19-33(21-24-13-9-18-32-17-8-7-16-27(24)32)28(35)22-34-29(23-11-3-2-4-12-23)31-26-15-6-5-14-25(26)30(34)36/h2-6,11-12,14-15,24,27,29,31H,7-10,13,16-22H2,1H3/t24-,27+,29?/m0/s1. The summed E-state index contributed by atoms with van der Waals surface area (Å²) in [5, 5.41) is 3.52. The molecule has 7 nitrogen and oxygen atoms in total. The van der Waals surface area contributed by atoms with E-state index in [2.05, 4.69) is 10.2 Å². The number of methoxy groups -OCH3 is 1. The van der Waals surface area contributed by atoms with Gasteiger partial charge in [0.1, 0.15) is 12.7 Å². The average Bonchev–Trinajstić information content (AvgIpc) is 2.94. The molecule has 0 saturated carbocycles. The molecule has 0 radical (unpaired) electrons. The summed E-state index contributed by atoms with van der Waals surface area (Å²) in [5.74, 6) is 0.394. The van der Waals surface area contributed by atoms with Gasteiger partial charge in [0.25, 0.3) is 5.91 Å². The lowest BCUT2D eigenvalue weighted by atomic mass is 9.83. The van der Waals surface area contributed by atoms with Crippen LogP contribution in [0.3, 0.4) is 0 Å². The largest absolute Gasteiger partial charge is 0.385 e. The number of hydrogen-bond acceptors (Lipinski definition) is 5. The third-order valence-corrected chi connectivity index (χ3v) is 8.26. The molecule has 0 spiro atoms. The second-order valence-corrected chi connectivity index (χ2v) is 10.6. The number of ether oxygens (including phenoxy) is 1. The number of amides is 2. The van der Waals surface area contributed by atoms with Crippen LogP contribution in [-0.2, 0) is 9.53 Å². The molecule has 198 valence electrons. The summed E-state index contributed by atoms with van der Waals surface area (Å²) in [6.45, 7) is 4.45. The lowest BCUT2D eigenvalue weighted by molar-refractivity contribution is -0.134. The molecule has 2 amide bonds. The Balaban J connectivity index is 1.37. The Morgan fingerprint density at radius 3 is 2.65 bits per heavy atom. The summed E-state index contributed by atoms with van der Waals surface area (Å²) in [7, 11) is 1.70. The van der Waals surface area contributed by atoms with Crippen molar-refractivity contribution in [2.75, 3.05) is 51.8 Å². The van der Waals surface area contributed by atoms with Crippen LogP contribution < -0.4 is 5.32 Å². The molecule has 7 heteroatoms. The number of hydrogen-bond donors (Lipinski definition) is 1. The highest BCUT2D eigenvalue weighted by atomic mass is 16.5. The van der Waals surface area contributed by atoms with Crippen molar-refractivity contribution in [1.29, 1.82) is 0 Å². The minimum absolute atomic E-state index is 0.0134. The zero-order valence-corrected chi connectivity index (χ0v) is 22.0. The van der Waals surface area contributed by atoms with Crippen LogP contribution in [0.2, 0.25) is 0 Å². The number of para-hydroxylation sites is 1. The van der Waals surface area contributed by atoms with Gasteiger partial charge in [-0.1, -0.05) is 48.9 Å². The van der Waals surface area contributed by atoms with Crippen molar-refractivity contribution in [1.82, 2.24) is 14.7 Å². The number of benzene rings is 2. The third kappa shape index (κ3) is 5.83. The molecule has 2 saturated heterocycles. The van der Waals surface area contributed by atoms with E-state index >= 15 is 0 Å². The summed E-state index contributed by atoms with van der Waals surface area (Å²) < 4.78 is 5.31. The first-order valence-corrected chi connectivity index (χ1v) is 13.9. The molecule has 0 bridgehead atoms. The molecule has 3 atom stereocenters. The van der Waals surface area contributed by atoms with E-state index in [0.29, 0.717) is 30.7 Å². The Kier molecular flexibility index (Phi) is 8.41. The number of fused-ring (bicyclic) bond motifs is 2. The van der Waals surface area contributed by atoms with Gasteiger partial charge in [-0.25, -0.2) is 0 Å². The number of anilines is 1. The van der Waals surface area contributed by atoms with Gasteiger partial charge < -0.3 is 24.8 Å². The zero-order valence-electron chi connectivity index (χ0n) is 22.0. The third-order valence-electron chi connectivity index (χ3n) is 8.26. The smallest absolute Gasteiger partial charge is 0.258 e. The molecule has 2 aromatic carbocycles. The fraction of sp³-hybridized carbons (Fsp3) is 0.533. The zero-order chi connectivity index (χ0) is 25.6. The molecule has 2 fully saturated rings. The molecular formula is C30H40N4O3. The van der Waals surface area contributed by atoms with E-state index in [9.17, 15) is 9.59 Å². The fourth-order valence-corrected chi connectivity index (χ4v) is 6.39. The van der Waals surface area contributed by atoms with Crippen LogP contribution in [0.25, 0.3) is 0 Å². The van der Waals surface area contributed by atoms with Gasteiger partial charge >= 0.3 is 0 Å². The van der Waals surface area contributed by atoms with Gasteiger partial charge in [-0.2, -0.15) is 0 Å². The van der Waals surface area contributed by atoms with Crippen LogP contribution in [-0.4, -0.2) is 79.0 Å². The highest BCUT2D eigenvalue weighted by molar-refractivity contribution is 6.03. The first-order valence-electron chi connectivity index (χ1n) is 13.9. The lowest BCUT2D eigenvalue weighted by Crippen LogP contribution is -2.53. The van der Waals surface area contributed by atoms with Gasteiger partial charge in [0.05, 0.1) is 5.56 Å². The Hall–Kier alpha value is -2.90. The minimum atomic E-state index is -0.392. The molecule has 0 aliphatic carbocycles. The quantitative estimate of drug-likeness (QED) is 0.514. The molecule has 0 aromatic heterocycles. The van der Waals surface area contributed by atoms with Crippen molar-refractivity contribution < 1.29 is 14.3 Å². The molecule has 3 aliphatic heterocycles. The number of carbonyl (C=O) groups is 2. The van der Waals surface area contributed by atoms with Crippen LogP contribution in [0.5, 0.6) is 0 Å². The summed E-state index contributed by atoms with van der Waals surface area (Å²) in [4.78, 5) is 34.0. The van der Waals surface area contributed by atoms with Gasteiger partial charge in [0.15, 0.2) is 0 Å². The molecule has 1 unspecified atom stereocenters. The predicted molar refractivity (Wildman–Crippen MR) is 145 cm³/mol. The highest BCUT2D eigenvalue weighted by Gasteiger charge is 2.37. The highest BCUT2D eigenvalue weighted by Crippen LogP contribution is 2.34. The SMILES string of the molecule is COCCCN(C[C@@H]1CCCN2CCCC[C@H]12)C(=O)CN1C(=O)c2ccccc2NC1c1ccccc1. The summed E-state index contributed by atoms with van der Waals surface area (Å²) >= 11 is 0. The molecule has 3 aliphatic rings. The Morgan fingerprint density at radius 2 is 1.81 bits per heavy atom. The molecule has 5 rings (SSSR count). The van der Waals surface area contributed by atoms with E-state index in [-0.39, 0.29) is 18.4 Å². The van der Waals surface area contributed by atoms with Gasteiger partial charge in [0, 0.05) is 38.5 Å². The van der Waals surface area contributed by atoms with Crippen molar-refractivity contribution >= 4 is 17.5 Å².